The van der Waals surface area contributed by atoms with Crippen LogP contribution in [0.25, 0.3) is 22.2 Å². The summed E-state index contributed by atoms with van der Waals surface area (Å²) in [5.41, 5.74) is -0.507. The number of nitriles is 1. The number of nitrogens with zero attached hydrogens (tertiary/aromatic N) is 8. The van der Waals surface area contributed by atoms with Crippen LogP contribution in [0.15, 0.2) is 30.5 Å². The first kappa shape index (κ1) is 37.2. The smallest absolute Gasteiger partial charge is 0.319 e. The molecule has 8 heterocycles. The lowest BCUT2D eigenvalue weighted by Gasteiger charge is -2.41. The fourth-order valence-electron chi connectivity index (χ4n) is 9.81. The standard InChI is InChI=1S/C41H46F4N8O3/c42-27-17-41(11-2-14-52(41)20-27)24-56-40-48-38-31(18-47-37(36(38)45)30-8-9-32(43)35(44)34(30)26-5-6-26)39(49-40)51-15-16-53(28(21-51)10-12-46)33(54)3-1-13-50-19-25-4-7-29(50)23-55-22-25/h1,3,8-9,18,25-29H,2,4-7,10-11,13-17,19-24H2/b3-1+/t25-,27-,28+,29+,41+/m1/s1. The molecule has 0 radical (unpaired) electrons. The number of benzene rings is 1. The summed E-state index contributed by atoms with van der Waals surface area (Å²) in [6, 6.07) is 4.31. The third-order valence-electron chi connectivity index (χ3n) is 12.8. The monoisotopic (exact) mass is 774 g/mol. The number of aromatic nitrogens is 3. The van der Waals surface area contributed by atoms with Gasteiger partial charge in [-0.25, -0.2) is 17.6 Å². The van der Waals surface area contributed by atoms with Crippen molar-refractivity contribution in [2.24, 2.45) is 5.92 Å². The maximum Gasteiger partial charge on any atom is 0.319 e. The van der Waals surface area contributed by atoms with E-state index < -0.39 is 35.2 Å². The van der Waals surface area contributed by atoms with Gasteiger partial charge in [-0.05, 0) is 69.0 Å². The van der Waals surface area contributed by atoms with E-state index in [1.54, 1.807) is 11.0 Å². The van der Waals surface area contributed by atoms with Gasteiger partial charge in [0.05, 0.1) is 42.7 Å². The molecule has 2 aromatic heterocycles. The summed E-state index contributed by atoms with van der Waals surface area (Å²) in [4.78, 5) is 35.5. The van der Waals surface area contributed by atoms with E-state index in [9.17, 15) is 18.8 Å². The molecule has 7 fully saturated rings. The summed E-state index contributed by atoms with van der Waals surface area (Å²) < 4.78 is 73.1. The molecule has 7 aliphatic rings. The van der Waals surface area contributed by atoms with Crippen molar-refractivity contribution >= 4 is 22.6 Å². The van der Waals surface area contributed by atoms with Crippen LogP contribution in [-0.4, -0.2) is 125 Å². The predicted octanol–water partition coefficient (Wildman–Crippen LogP) is 5.54. The first-order valence-electron chi connectivity index (χ1n) is 20.0. The molecule has 56 heavy (non-hydrogen) atoms. The Morgan fingerprint density at radius 2 is 1.93 bits per heavy atom. The summed E-state index contributed by atoms with van der Waals surface area (Å²) >= 11 is 0. The molecule has 296 valence electrons. The van der Waals surface area contributed by atoms with Gasteiger partial charge in [-0.1, -0.05) is 6.08 Å². The van der Waals surface area contributed by atoms with Crippen LogP contribution >= 0.6 is 0 Å². The number of carbonyl (C=O) groups is 1. The number of alkyl halides is 1. The molecule has 10 rings (SSSR count). The molecule has 0 spiro atoms. The Balaban J connectivity index is 1.02. The largest absolute Gasteiger partial charge is 0.461 e. The second-order valence-electron chi connectivity index (χ2n) is 16.5. The molecule has 1 aliphatic carbocycles. The Labute approximate surface area is 323 Å². The van der Waals surface area contributed by atoms with Gasteiger partial charge in [0.25, 0.3) is 0 Å². The van der Waals surface area contributed by atoms with E-state index in [0.717, 1.165) is 51.4 Å². The molecule has 6 aliphatic heterocycles. The van der Waals surface area contributed by atoms with Crippen molar-refractivity contribution in [1.29, 1.82) is 5.26 Å². The van der Waals surface area contributed by atoms with Gasteiger partial charge in [0, 0.05) is 75.1 Å². The van der Waals surface area contributed by atoms with Crippen LogP contribution in [0.2, 0.25) is 0 Å². The summed E-state index contributed by atoms with van der Waals surface area (Å²) in [5, 5.41) is 10.1. The van der Waals surface area contributed by atoms with Crippen LogP contribution < -0.4 is 9.64 Å². The molecule has 2 bridgehead atoms. The SMILES string of the molecule is N#CC[C@H]1CN(c2nc(OC[C@@]34CCCN3C[C@H](F)C4)nc3c(F)c(-c4ccc(F)c(F)c4C4CC4)ncc23)CCN1C(=O)/C=C/CN1C[C@H]2CC[C@H]1COC2. The van der Waals surface area contributed by atoms with E-state index in [1.165, 1.54) is 12.3 Å². The van der Waals surface area contributed by atoms with Crippen LogP contribution in [0.1, 0.15) is 62.8 Å². The lowest BCUT2D eigenvalue weighted by Crippen LogP contribution is -2.55. The second-order valence-corrected chi connectivity index (χ2v) is 16.5. The highest BCUT2D eigenvalue weighted by molar-refractivity contribution is 5.93. The Bertz CT molecular complexity index is 2070. The van der Waals surface area contributed by atoms with Gasteiger partial charge in [0.1, 0.15) is 29.8 Å². The molecule has 0 unspecified atom stereocenters. The van der Waals surface area contributed by atoms with Crippen molar-refractivity contribution in [2.45, 2.75) is 81.1 Å². The first-order valence-corrected chi connectivity index (χ1v) is 20.0. The van der Waals surface area contributed by atoms with Gasteiger partial charge >= 0.3 is 6.01 Å². The number of hydrogen-bond acceptors (Lipinski definition) is 10. The van der Waals surface area contributed by atoms with Gasteiger partial charge < -0.3 is 19.3 Å². The molecule has 5 atom stereocenters. The molecule has 0 N–H and O–H groups in total. The first-order chi connectivity index (χ1) is 27.2. The van der Waals surface area contributed by atoms with Crippen molar-refractivity contribution in [2.75, 3.05) is 70.5 Å². The predicted molar refractivity (Wildman–Crippen MR) is 199 cm³/mol. The maximum atomic E-state index is 16.9. The third-order valence-corrected chi connectivity index (χ3v) is 12.8. The Hall–Kier alpha value is -4.39. The minimum atomic E-state index is -1.00. The molecule has 1 aromatic carbocycles. The molecule has 15 heteroatoms. The minimum absolute atomic E-state index is 0.0647. The van der Waals surface area contributed by atoms with Crippen LogP contribution in [0.4, 0.5) is 23.4 Å². The summed E-state index contributed by atoms with van der Waals surface area (Å²) in [6.07, 6.45) is 9.59. The highest BCUT2D eigenvalue weighted by Gasteiger charge is 2.49. The molecule has 11 nitrogen and oxygen atoms in total. The Morgan fingerprint density at radius 1 is 1.05 bits per heavy atom. The van der Waals surface area contributed by atoms with E-state index in [-0.39, 0.29) is 71.7 Å². The van der Waals surface area contributed by atoms with Gasteiger partial charge in [-0.2, -0.15) is 15.2 Å². The van der Waals surface area contributed by atoms with Crippen molar-refractivity contribution in [1.82, 2.24) is 29.7 Å². The second kappa shape index (κ2) is 15.2. The zero-order chi connectivity index (χ0) is 38.6. The van der Waals surface area contributed by atoms with Gasteiger partial charge in [-0.15, -0.1) is 0 Å². The summed E-state index contributed by atoms with van der Waals surface area (Å²) in [7, 11) is 0. The van der Waals surface area contributed by atoms with Crippen molar-refractivity contribution in [3.8, 4) is 23.3 Å². The normalized spacial score (nSPS) is 28.3. The topological polar surface area (TPSA) is 111 Å². The number of halogens is 4. The zero-order valence-electron chi connectivity index (χ0n) is 31.3. The lowest BCUT2D eigenvalue weighted by atomic mass is 9.95. The van der Waals surface area contributed by atoms with Crippen molar-refractivity contribution < 1.29 is 31.8 Å². The van der Waals surface area contributed by atoms with E-state index in [0.29, 0.717) is 63.3 Å². The third kappa shape index (κ3) is 6.98. The van der Waals surface area contributed by atoms with Crippen LogP contribution in [0, 0.1) is 34.7 Å². The lowest BCUT2D eigenvalue weighted by molar-refractivity contribution is -0.128. The summed E-state index contributed by atoms with van der Waals surface area (Å²) in [6.45, 7) is 5.13. The van der Waals surface area contributed by atoms with E-state index in [2.05, 4.69) is 25.8 Å². The molecule has 6 saturated heterocycles. The maximum absolute atomic E-state index is 16.9. The number of amides is 1. The van der Waals surface area contributed by atoms with E-state index >= 15 is 8.78 Å². The number of piperidine rings is 1. The summed E-state index contributed by atoms with van der Waals surface area (Å²) in [5.74, 6) is -2.42. The number of piperazine rings is 1. The molecular weight excluding hydrogens is 728 g/mol. The molecule has 3 aromatic rings. The Morgan fingerprint density at radius 3 is 2.77 bits per heavy atom. The number of fused-ring (bicyclic) bond motifs is 6. The number of rotatable bonds is 10. The van der Waals surface area contributed by atoms with E-state index in [4.69, 9.17) is 14.5 Å². The fourth-order valence-corrected chi connectivity index (χ4v) is 9.81. The molecular formula is C41H46F4N8O3. The Kier molecular flexibility index (Phi) is 10.1. The number of pyridine rings is 1. The highest BCUT2D eigenvalue weighted by Crippen LogP contribution is 2.47. The zero-order valence-corrected chi connectivity index (χ0v) is 31.3. The van der Waals surface area contributed by atoms with Crippen molar-refractivity contribution in [3.63, 3.8) is 0 Å². The fraction of sp³-hybridized carbons (Fsp3) is 0.585. The highest BCUT2D eigenvalue weighted by atomic mass is 19.2. The van der Waals surface area contributed by atoms with Gasteiger partial charge in [-0.3, -0.25) is 19.6 Å². The number of ether oxygens (including phenoxy) is 2. The van der Waals surface area contributed by atoms with E-state index in [1.807, 2.05) is 11.0 Å². The van der Waals surface area contributed by atoms with Crippen LogP contribution in [-0.2, 0) is 9.53 Å². The molecule has 1 saturated carbocycles. The van der Waals surface area contributed by atoms with Crippen LogP contribution in [0.3, 0.4) is 0 Å². The number of hydrogen-bond donors (Lipinski definition) is 0. The van der Waals surface area contributed by atoms with Gasteiger partial charge in [0.2, 0.25) is 5.91 Å². The number of anilines is 1. The average molecular weight is 775 g/mol. The number of carbonyl (C=O) groups excluding carboxylic acids is 1. The minimum Gasteiger partial charge on any atom is -0.461 e. The average Bonchev–Trinajstić information content (AvgIpc) is 3.97. The van der Waals surface area contributed by atoms with Gasteiger partial charge in [0.15, 0.2) is 17.5 Å². The van der Waals surface area contributed by atoms with Crippen molar-refractivity contribution in [3.05, 3.63) is 53.5 Å². The van der Waals surface area contributed by atoms with Crippen LogP contribution in [0.5, 0.6) is 6.01 Å². The molecule has 1 amide bonds. The quantitative estimate of drug-likeness (QED) is 0.193.